The summed E-state index contributed by atoms with van der Waals surface area (Å²) in [7, 11) is 0. The van der Waals surface area contributed by atoms with Crippen molar-refractivity contribution in [2.24, 2.45) is 5.92 Å². The Bertz CT molecular complexity index is 861. The van der Waals surface area contributed by atoms with Crippen LogP contribution in [-0.4, -0.2) is 16.1 Å². The molecule has 3 heteroatoms. The fraction of sp³-hybridized carbons (Fsp3) is 0.548. The van der Waals surface area contributed by atoms with Crippen molar-refractivity contribution in [2.45, 2.75) is 103 Å². The highest BCUT2D eigenvalue weighted by Gasteiger charge is 2.22. The number of carboxylic acid groups (broad SMARTS) is 1. The van der Waals surface area contributed by atoms with E-state index >= 15 is 0 Å². The quantitative estimate of drug-likeness (QED) is 0.226. The van der Waals surface area contributed by atoms with Crippen LogP contribution in [-0.2, 0) is 11.2 Å². The lowest BCUT2D eigenvalue weighted by Crippen LogP contribution is -2.13. The first-order valence-electron chi connectivity index (χ1n) is 13.6. The number of carboxylic acids is 1. The van der Waals surface area contributed by atoms with Crippen LogP contribution in [0.15, 0.2) is 54.7 Å². The van der Waals surface area contributed by atoms with Gasteiger partial charge in [-0.1, -0.05) is 81.9 Å². The molecule has 0 bridgehead atoms. The number of aromatic nitrogens is 1. The summed E-state index contributed by atoms with van der Waals surface area (Å²) >= 11 is 0. The van der Waals surface area contributed by atoms with Gasteiger partial charge < -0.3 is 5.11 Å². The van der Waals surface area contributed by atoms with Gasteiger partial charge in [-0.05, 0) is 80.4 Å². The summed E-state index contributed by atoms with van der Waals surface area (Å²) in [4.78, 5) is 15.2. The first-order valence-corrected chi connectivity index (χ1v) is 13.6. The number of nitrogens with zero attached hydrogens (tertiary/aromatic N) is 1. The van der Waals surface area contributed by atoms with Gasteiger partial charge in [0.2, 0.25) is 0 Å². The van der Waals surface area contributed by atoms with Gasteiger partial charge in [-0.15, -0.1) is 0 Å². The van der Waals surface area contributed by atoms with Gasteiger partial charge in [0.1, 0.15) is 0 Å². The van der Waals surface area contributed by atoms with E-state index in [0.717, 1.165) is 30.9 Å². The van der Waals surface area contributed by atoms with E-state index < -0.39 is 5.97 Å². The second-order valence-corrected chi connectivity index (χ2v) is 10.1. The molecule has 34 heavy (non-hydrogen) atoms. The molecule has 1 heterocycles. The molecule has 0 atom stereocenters. The van der Waals surface area contributed by atoms with Crippen molar-refractivity contribution in [3.63, 3.8) is 0 Å². The Hall–Kier alpha value is -2.42. The summed E-state index contributed by atoms with van der Waals surface area (Å²) < 4.78 is 0. The van der Waals surface area contributed by atoms with Gasteiger partial charge in [0.25, 0.3) is 0 Å². The number of hydrogen-bond donors (Lipinski definition) is 1. The van der Waals surface area contributed by atoms with Crippen molar-refractivity contribution in [2.75, 3.05) is 0 Å². The van der Waals surface area contributed by atoms with E-state index in [9.17, 15) is 4.79 Å². The zero-order valence-corrected chi connectivity index (χ0v) is 21.1. The van der Waals surface area contributed by atoms with Crippen molar-refractivity contribution >= 4 is 5.97 Å². The Kier molecular flexibility index (Phi) is 11.4. The van der Waals surface area contributed by atoms with E-state index in [1.165, 1.54) is 93.4 Å². The third-order valence-corrected chi connectivity index (χ3v) is 7.41. The van der Waals surface area contributed by atoms with Gasteiger partial charge in [-0.3, -0.25) is 4.98 Å². The molecule has 1 aromatic heterocycles. The maximum absolute atomic E-state index is 10.5. The topological polar surface area (TPSA) is 50.2 Å². The highest BCUT2D eigenvalue weighted by Crippen LogP contribution is 2.38. The minimum atomic E-state index is -0.841. The Morgan fingerprint density at radius 3 is 2.38 bits per heavy atom. The van der Waals surface area contributed by atoms with Crippen LogP contribution in [0.3, 0.4) is 0 Å². The van der Waals surface area contributed by atoms with E-state index in [2.05, 4.69) is 49.5 Å². The van der Waals surface area contributed by atoms with Crippen molar-refractivity contribution in [3.8, 4) is 11.3 Å². The third kappa shape index (κ3) is 9.08. The molecule has 2 aromatic rings. The van der Waals surface area contributed by atoms with Crippen LogP contribution in [0.2, 0.25) is 0 Å². The molecule has 1 aliphatic carbocycles. The Morgan fingerprint density at radius 2 is 1.71 bits per heavy atom. The summed E-state index contributed by atoms with van der Waals surface area (Å²) in [5.74, 6) is 0.758. The fourth-order valence-electron chi connectivity index (χ4n) is 5.27. The maximum atomic E-state index is 10.5. The van der Waals surface area contributed by atoms with E-state index in [1.54, 1.807) is 6.08 Å². The smallest absolute Gasteiger partial charge is 0.327 e. The average Bonchev–Trinajstić information content (AvgIpc) is 2.86. The highest BCUT2D eigenvalue weighted by molar-refractivity contribution is 5.79. The molecule has 1 aliphatic rings. The van der Waals surface area contributed by atoms with Crippen LogP contribution in [0.1, 0.15) is 107 Å². The molecule has 1 saturated carbocycles. The van der Waals surface area contributed by atoms with E-state index in [-0.39, 0.29) is 0 Å². The SMILES string of the molecule is CCCCCc1ccc(-c2ccc([C@H]3CC[C@H](CCCCCC/C=C/C(=O)O)CC3)cc2)nc1. The Morgan fingerprint density at radius 1 is 0.941 bits per heavy atom. The second-order valence-electron chi connectivity index (χ2n) is 10.1. The van der Waals surface area contributed by atoms with Crippen LogP contribution in [0.4, 0.5) is 0 Å². The predicted octanol–water partition coefficient (Wildman–Crippen LogP) is 8.74. The van der Waals surface area contributed by atoms with Gasteiger partial charge >= 0.3 is 5.97 Å². The molecule has 3 nitrogen and oxygen atoms in total. The van der Waals surface area contributed by atoms with Crippen molar-refractivity contribution in [1.29, 1.82) is 0 Å². The normalized spacial score (nSPS) is 18.4. The number of benzene rings is 1. The molecule has 0 spiro atoms. The van der Waals surface area contributed by atoms with Gasteiger partial charge in [0.05, 0.1) is 5.69 Å². The minimum absolute atomic E-state index is 0.709. The standard InChI is InChI=1S/C31H43NO2/c1-2-3-8-12-26-16-23-30(32-24-26)29-21-19-28(20-22-29)27-17-14-25(15-18-27)11-9-6-4-5-7-10-13-31(33)34/h10,13,16,19-25,27H,2-9,11-12,14-15,17-18H2,1H3,(H,33,34)/b13-10+/t25-,27-. The monoisotopic (exact) mass is 461 g/mol. The number of carbonyl (C=O) groups is 1. The Labute approximate surface area is 206 Å². The first kappa shape index (κ1) is 26.2. The summed E-state index contributed by atoms with van der Waals surface area (Å²) in [6.07, 6.45) is 22.5. The van der Waals surface area contributed by atoms with Crippen molar-refractivity contribution < 1.29 is 9.90 Å². The number of aryl methyl sites for hydroxylation is 1. The van der Waals surface area contributed by atoms with Crippen LogP contribution in [0.5, 0.6) is 0 Å². The van der Waals surface area contributed by atoms with Crippen LogP contribution in [0, 0.1) is 5.92 Å². The molecular weight excluding hydrogens is 418 g/mol. The van der Waals surface area contributed by atoms with Crippen LogP contribution >= 0.6 is 0 Å². The number of pyridine rings is 1. The molecule has 3 rings (SSSR count). The molecule has 1 N–H and O–H groups in total. The lowest BCUT2D eigenvalue weighted by atomic mass is 9.77. The van der Waals surface area contributed by atoms with Gasteiger partial charge in [0.15, 0.2) is 0 Å². The summed E-state index contributed by atoms with van der Waals surface area (Å²) in [5, 5.41) is 8.60. The van der Waals surface area contributed by atoms with E-state index in [1.807, 2.05) is 0 Å². The molecule has 0 saturated heterocycles. The molecule has 1 aromatic carbocycles. The molecule has 0 aliphatic heterocycles. The van der Waals surface area contributed by atoms with Crippen LogP contribution in [0.25, 0.3) is 11.3 Å². The largest absolute Gasteiger partial charge is 0.478 e. The second kappa shape index (κ2) is 14.8. The van der Waals surface area contributed by atoms with Gasteiger partial charge in [0, 0.05) is 17.8 Å². The molecule has 1 fully saturated rings. The third-order valence-electron chi connectivity index (χ3n) is 7.41. The highest BCUT2D eigenvalue weighted by atomic mass is 16.4. The number of allylic oxidation sites excluding steroid dienone is 1. The molecule has 0 amide bonds. The van der Waals surface area contributed by atoms with Gasteiger partial charge in [-0.25, -0.2) is 4.79 Å². The Balaban J connectivity index is 1.35. The fourth-order valence-corrected chi connectivity index (χ4v) is 5.27. The first-order chi connectivity index (χ1) is 16.7. The predicted molar refractivity (Wildman–Crippen MR) is 142 cm³/mol. The lowest BCUT2D eigenvalue weighted by Gasteiger charge is -2.29. The lowest BCUT2D eigenvalue weighted by molar-refractivity contribution is -0.131. The average molecular weight is 462 g/mol. The van der Waals surface area contributed by atoms with E-state index in [4.69, 9.17) is 10.1 Å². The number of unbranched alkanes of at least 4 members (excludes halogenated alkanes) is 6. The summed E-state index contributed by atoms with van der Waals surface area (Å²) in [6.45, 7) is 2.24. The number of hydrogen-bond acceptors (Lipinski definition) is 2. The van der Waals surface area contributed by atoms with Gasteiger partial charge in [-0.2, -0.15) is 0 Å². The molecule has 184 valence electrons. The van der Waals surface area contributed by atoms with E-state index in [0.29, 0.717) is 5.92 Å². The van der Waals surface area contributed by atoms with Crippen molar-refractivity contribution in [3.05, 3.63) is 65.9 Å². The number of rotatable bonds is 14. The molecule has 0 radical (unpaired) electrons. The van der Waals surface area contributed by atoms with Crippen LogP contribution < -0.4 is 0 Å². The number of aliphatic carboxylic acids is 1. The summed E-state index contributed by atoms with van der Waals surface area (Å²) in [6, 6.07) is 13.6. The zero-order valence-electron chi connectivity index (χ0n) is 21.1. The maximum Gasteiger partial charge on any atom is 0.327 e. The zero-order chi connectivity index (χ0) is 24.0. The molecule has 0 unspecified atom stereocenters. The summed E-state index contributed by atoms with van der Waals surface area (Å²) in [5.41, 5.74) is 5.13. The van der Waals surface area contributed by atoms with Crippen molar-refractivity contribution in [1.82, 2.24) is 4.98 Å². The minimum Gasteiger partial charge on any atom is -0.478 e. The molecular formula is C31H43NO2.